The summed E-state index contributed by atoms with van der Waals surface area (Å²) in [5.41, 5.74) is 8.80. The minimum absolute atomic E-state index is 0. The van der Waals surface area contributed by atoms with Crippen LogP contribution in [0.2, 0.25) is 0 Å². The third kappa shape index (κ3) is 4.48. The molecule has 1 aliphatic rings. The SMILES string of the molecule is CC(=O)/C=C(/C)O.Cc1cc2[c-]c3c(nc2c(C)c1C)Oc1ccc(C)c2c(C)cnc-3c12.[Ir]. The van der Waals surface area contributed by atoms with Crippen LogP contribution in [0, 0.1) is 40.7 Å². The molecule has 0 saturated heterocycles. The molecule has 0 atom stereocenters. The van der Waals surface area contributed by atoms with Crippen molar-refractivity contribution in [3.63, 3.8) is 0 Å². The van der Waals surface area contributed by atoms with E-state index in [0.717, 1.165) is 38.9 Å². The van der Waals surface area contributed by atoms with Crippen LogP contribution < -0.4 is 4.74 Å². The summed E-state index contributed by atoms with van der Waals surface area (Å²) in [6.07, 6.45) is 3.10. The molecular formula is C28H27IrN2O3-. The largest absolute Gasteiger partial charge is 0.512 e. The van der Waals surface area contributed by atoms with E-state index in [1.54, 1.807) is 0 Å². The van der Waals surface area contributed by atoms with Crippen LogP contribution in [0.4, 0.5) is 0 Å². The number of aliphatic hydroxyl groups is 1. The van der Waals surface area contributed by atoms with Gasteiger partial charge in [-0.1, -0.05) is 28.1 Å². The number of rotatable bonds is 1. The van der Waals surface area contributed by atoms with Crippen LogP contribution in [0.15, 0.2) is 36.2 Å². The fraction of sp³-hybridized carbons (Fsp3) is 0.250. The van der Waals surface area contributed by atoms with Crippen LogP contribution in [0.5, 0.6) is 11.6 Å². The second-order valence-corrected chi connectivity index (χ2v) is 8.68. The first-order chi connectivity index (χ1) is 15.6. The molecule has 2 aromatic heterocycles. The normalized spacial score (nSPS) is 11.8. The number of hydrogen-bond acceptors (Lipinski definition) is 5. The predicted molar refractivity (Wildman–Crippen MR) is 132 cm³/mol. The van der Waals surface area contributed by atoms with Crippen LogP contribution in [-0.2, 0) is 24.9 Å². The molecule has 3 heterocycles. The van der Waals surface area contributed by atoms with Gasteiger partial charge < -0.3 is 9.84 Å². The fourth-order valence-corrected chi connectivity index (χ4v) is 4.28. The minimum atomic E-state index is -0.125. The molecule has 0 fully saturated rings. The van der Waals surface area contributed by atoms with Gasteiger partial charge >= 0.3 is 0 Å². The van der Waals surface area contributed by atoms with E-state index < -0.39 is 0 Å². The number of carbonyl (C=O) groups excluding carboxylic acids is 1. The Balaban J connectivity index is 0.000000357. The van der Waals surface area contributed by atoms with Crippen LogP contribution in [0.25, 0.3) is 32.9 Å². The van der Waals surface area contributed by atoms with E-state index in [2.05, 4.69) is 52.8 Å². The fourth-order valence-electron chi connectivity index (χ4n) is 4.28. The Kier molecular flexibility index (Phi) is 7.25. The standard InChI is InChI=1S/C23H19N2O.C5H8O2.Ir/c1-11-6-7-18-20-19(11)13(3)10-24-22(20)17-9-16-8-12(2)14(4)15(5)21(16)25-23(17)26-18;1-4(6)3-5(2)7;/h6-8,10H,1-5H3;3,6H,1-2H3;/q-1;;/b;4-3-;. The quantitative estimate of drug-likeness (QED) is 0.123. The molecule has 1 radical (unpaired) electrons. The van der Waals surface area contributed by atoms with Gasteiger partial charge in [0.15, 0.2) is 11.7 Å². The van der Waals surface area contributed by atoms with Gasteiger partial charge in [0.1, 0.15) is 5.75 Å². The number of aromatic nitrogens is 2. The van der Waals surface area contributed by atoms with E-state index in [9.17, 15) is 4.79 Å². The number of aliphatic hydroxyl groups excluding tert-OH is 1. The summed E-state index contributed by atoms with van der Waals surface area (Å²) in [6, 6.07) is 9.82. The predicted octanol–water partition coefficient (Wildman–Crippen LogP) is 6.93. The van der Waals surface area contributed by atoms with Crippen molar-refractivity contribution in [2.24, 2.45) is 0 Å². The van der Waals surface area contributed by atoms with Gasteiger partial charge in [-0.25, -0.2) is 0 Å². The van der Waals surface area contributed by atoms with Gasteiger partial charge in [0.2, 0.25) is 0 Å². The summed E-state index contributed by atoms with van der Waals surface area (Å²) in [6.45, 7) is 13.4. The monoisotopic (exact) mass is 632 g/mol. The molecule has 34 heavy (non-hydrogen) atoms. The van der Waals surface area contributed by atoms with E-state index in [0.29, 0.717) is 5.88 Å². The smallest absolute Gasteiger partial charge is 0.155 e. The molecule has 1 N–H and O–H groups in total. The Morgan fingerprint density at radius 1 is 1.00 bits per heavy atom. The second-order valence-electron chi connectivity index (χ2n) is 8.68. The molecule has 6 heteroatoms. The first-order valence-corrected chi connectivity index (χ1v) is 10.9. The molecule has 0 unspecified atom stereocenters. The summed E-state index contributed by atoms with van der Waals surface area (Å²) in [5, 5.41) is 11.7. The molecule has 0 bridgehead atoms. The van der Waals surface area contributed by atoms with Crippen molar-refractivity contribution in [3.8, 4) is 22.9 Å². The van der Waals surface area contributed by atoms with Gasteiger partial charge in [-0.15, -0.1) is 12.1 Å². The van der Waals surface area contributed by atoms with E-state index in [1.807, 2.05) is 12.3 Å². The minimum Gasteiger partial charge on any atom is -0.512 e. The number of benzene rings is 2. The molecule has 5 nitrogen and oxygen atoms in total. The number of ether oxygens (including phenoxy) is 1. The third-order valence-electron chi connectivity index (χ3n) is 6.06. The number of nitrogens with zero attached hydrogens (tertiary/aromatic N) is 2. The van der Waals surface area contributed by atoms with Gasteiger partial charge in [0.25, 0.3) is 0 Å². The zero-order valence-corrected chi connectivity index (χ0v) is 22.8. The molecule has 0 amide bonds. The number of ketones is 1. The zero-order chi connectivity index (χ0) is 24.0. The molecule has 0 spiro atoms. The topological polar surface area (TPSA) is 72.3 Å². The Morgan fingerprint density at radius 2 is 1.71 bits per heavy atom. The first kappa shape index (κ1) is 25.5. The van der Waals surface area contributed by atoms with E-state index in [-0.39, 0.29) is 31.6 Å². The Bertz CT molecular complexity index is 1480. The van der Waals surface area contributed by atoms with Gasteiger partial charge in [-0.2, -0.15) is 0 Å². The Morgan fingerprint density at radius 3 is 2.32 bits per heavy atom. The summed E-state index contributed by atoms with van der Waals surface area (Å²) >= 11 is 0. The first-order valence-electron chi connectivity index (χ1n) is 10.9. The van der Waals surface area contributed by atoms with Crippen molar-refractivity contribution in [2.45, 2.75) is 48.5 Å². The molecule has 0 saturated carbocycles. The summed E-state index contributed by atoms with van der Waals surface area (Å²) in [4.78, 5) is 19.6. The maximum atomic E-state index is 10.0. The van der Waals surface area contributed by atoms with Crippen LogP contribution in [0.1, 0.15) is 41.7 Å². The van der Waals surface area contributed by atoms with Gasteiger partial charge in [-0.05, 0) is 76.6 Å². The van der Waals surface area contributed by atoms with Crippen molar-refractivity contribution in [1.82, 2.24) is 9.97 Å². The molecule has 1 aliphatic heterocycles. The van der Waals surface area contributed by atoms with Crippen molar-refractivity contribution >= 4 is 27.5 Å². The van der Waals surface area contributed by atoms with Gasteiger partial charge in [0, 0.05) is 49.0 Å². The molecule has 5 rings (SSSR count). The van der Waals surface area contributed by atoms with Gasteiger partial charge in [-0.3, -0.25) is 14.8 Å². The molecule has 177 valence electrons. The van der Waals surface area contributed by atoms with Crippen molar-refractivity contribution in [1.29, 1.82) is 0 Å². The molecule has 2 aromatic carbocycles. The van der Waals surface area contributed by atoms with E-state index in [1.165, 1.54) is 47.6 Å². The Labute approximate surface area is 213 Å². The number of pyridine rings is 2. The number of aryl methyl sites for hydroxylation is 4. The second kappa shape index (κ2) is 9.65. The summed E-state index contributed by atoms with van der Waals surface area (Å²) in [7, 11) is 0. The zero-order valence-electron chi connectivity index (χ0n) is 20.4. The average molecular weight is 632 g/mol. The number of allylic oxidation sites excluding steroid dienone is 2. The summed E-state index contributed by atoms with van der Waals surface area (Å²) < 4.78 is 6.21. The third-order valence-corrected chi connectivity index (χ3v) is 6.06. The van der Waals surface area contributed by atoms with Crippen molar-refractivity contribution in [3.05, 3.63) is 70.1 Å². The van der Waals surface area contributed by atoms with Crippen LogP contribution >= 0.6 is 0 Å². The maximum absolute atomic E-state index is 10.0. The van der Waals surface area contributed by atoms with Crippen LogP contribution in [-0.4, -0.2) is 20.9 Å². The molecule has 4 aromatic rings. The van der Waals surface area contributed by atoms with Crippen molar-refractivity contribution < 1.29 is 34.7 Å². The molecular weight excluding hydrogens is 605 g/mol. The maximum Gasteiger partial charge on any atom is 0.155 e. The Hall–Kier alpha value is -3.08. The van der Waals surface area contributed by atoms with E-state index >= 15 is 0 Å². The van der Waals surface area contributed by atoms with Crippen molar-refractivity contribution in [2.75, 3.05) is 0 Å². The number of carbonyl (C=O) groups is 1. The van der Waals surface area contributed by atoms with Crippen LogP contribution in [0.3, 0.4) is 0 Å². The summed E-state index contributed by atoms with van der Waals surface area (Å²) in [5.74, 6) is 1.36. The number of hydrogen-bond donors (Lipinski definition) is 1. The average Bonchev–Trinajstić information content (AvgIpc) is 2.74. The number of fused-ring (bicyclic) bond motifs is 3. The van der Waals surface area contributed by atoms with Gasteiger partial charge in [0.05, 0.1) is 5.76 Å². The molecule has 0 aliphatic carbocycles. The van der Waals surface area contributed by atoms with E-state index in [4.69, 9.17) is 19.8 Å².